The monoisotopic (exact) mass is 289 g/mol. The first-order chi connectivity index (χ1) is 9.70. The van der Waals surface area contributed by atoms with Gasteiger partial charge in [0.15, 0.2) is 5.16 Å². The standard InChI is InChI=1S/C12H11N5O2S/c1-20-12-13-7-10(8-14-12)16-15-6-9-4-2-3-5-11(9)17(18)19/h2-8,16H,1H3. The smallest absolute Gasteiger partial charge is 0.275 e. The van der Waals surface area contributed by atoms with Crippen molar-refractivity contribution < 1.29 is 4.92 Å². The molecule has 1 aromatic heterocycles. The van der Waals surface area contributed by atoms with Crippen LogP contribution in [-0.2, 0) is 0 Å². The molecule has 0 fully saturated rings. The molecule has 0 radical (unpaired) electrons. The summed E-state index contributed by atoms with van der Waals surface area (Å²) in [6.07, 6.45) is 6.46. The molecule has 7 nitrogen and oxygen atoms in total. The summed E-state index contributed by atoms with van der Waals surface area (Å²) in [5, 5.41) is 15.4. The number of para-hydroxylation sites is 1. The molecule has 8 heteroatoms. The van der Waals surface area contributed by atoms with Gasteiger partial charge in [0.25, 0.3) is 5.69 Å². The molecule has 2 rings (SSSR count). The number of hydrogen-bond acceptors (Lipinski definition) is 7. The maximum atomic E-state index is 10.8. The van der Waals surface area contributed by atoms with Crippen LogP contribution in [0.25, 0.3) is 0 Å². The number of rotatable bonds is 5. The second-order valence-corrected chi connectivity index (χ2v) is 4.42. The highest BCUT2D eigenvalue weighted by molar-refractivity contribution is 7.98. The Morgan fingerprint density at radius 2 is 2.05 bits per heavy atom. The van der Waals surface area contributed by atoms with Gasteiger partial charge >= 0.3 is 0 Å². The predicted octanol–water partition coefficient (Wildman–Crippen LogP) is 2.55. The van der Waals surface area contributed by atoms with E-state index < -0.39 is 4.92 Å². The van der Waals surface area contributed by atoms with E-state index in [2.05, 4.69) is 20.5 Å². The zero-order valence-electron chi connectivity index (χ0n) is 10.6. The number of nitrogens with zero attached hydrogens (tertiary/aromatic N) is 4. The first-order valence-electron chi connectivity index (χ1n) is 5.59. The number of nitro groups is 1. The van der Waals surface area contributed by atoms with Gasteiger partial charge < -0.3 is 0 Å². The summed E-state index contributed by atoms with van der Waals surface area (Å²) >= 11 is 1.44. The molecule has 0 aliphatic rings. The molecule has 0 saturated heterocycles. The van der Waals surface area contributed by atoms with E-state index in [1.54, 1.807) is 30.6 Å². The Labute approximate surface area is 119 Å². The lowest BCUT2D eigenvalue weighted by molar-refractivity contribution is -0.385. The fourth-order valence-electron chi connectivity index (χ4n) is 1.42. The van der Waals surface area contributed by atoms with E-state index in [9.17, 15) is 10.1 Å². The van der Waals surface area contributed by atoms with E-state index >= 15 is 0 Å². The van der Waals surface area contributed by atoms with E-state index in [1.807, 2.05) is 6.26 Å². The van der Waals surface area contributed by atoms with Crippen molar-refractivity contribution in [3.63, 3.8) is 0 Å². The minimum Gasteiger partial charge on any atom is -0.275 e. The zero-order valence-corrected chi connectivity index (χ0v) is 11.4. The summed E-state index contributed by atoms with van der Waals surface area (Å²) in [4.78, 5) is 18.5. The molecular weight excluding hydrogens is 278 g/mol. The third kappa shape index (κ3) is 3.51. The number of nitro benzene ring substituents is 1. The Morgan fingerprint density at radius 1 is 1.35 bits per heavy atom. The van der Waals surface area contributed by atoms with Crippen LogP contribution in [0.5, 0.6) is 0 Å². The van der Waals surface area contributed by atoms with Crippen molar-refractivity contribution in [3.05, 3.63) is 52.3 Å². The molecule has 0 amide bonds. The molecule has 102 valence electrons. The van der Waals surface area contributed by atoms with Gasteiger partial charge in [0.2, 0.25) is 0 Å². The molecule has 0 spiro atoms. The molecular formula is C12H11N5O2S. The van der Waals surface area contributed by atoms with Gasteiger partial charge in [-0.25, -0.2) is 9.97 Å². The van der Waals surface area contributed by atoms with Gasteiger partial charge in [0.1, 0.15) is 0 Å². The van der Waals surface area contributed by atoms with Crippen LogP contribution in [0.1, 0.15) is 5.56 Å². The first kappa shape index (κ1) is 13.9. The van der Waals surface area contributed by atoms with E-state index in [0.29, 0.717) is 16.4 Å². The Bertz CT molecular complexity index is 630. The van der Waals surface area contributed by atoms with E-state index in [4.69, 9.17) is 0 Å². The SMILES string of the molecule is CSc1ncc(NN=Cc2ccccc2[N+](=O)[O-])cn1. The number of hydrazone groups is 1. The third-order valence-corrected chi connectivity index (χ3v) is 2.92. The number of nitrogens with one attached hydrogen (secondary N) is 1. The van der Waals surface area contributed by atoms with Crippen molar-refractivity contribution >= 4 is 29.4 Å². The van der Waals surface area contributed by atoms with Crippen LogP contribution in [0, 0.1) is 10.1 Å². The van der Waals surface area contributed by atoms with Gasteiger partial charge in [-0.15, -0.1) is 0 Å². The Kier molecular flexibility index (Phi) is 4.61. The maximum absolute atomic E-state index is 10.8. The molecule has 0 aliphatic carbocycles. The summed E-state index contributed by atoms with van der Waals surface area (Å²) in [6, 6.07) is 6.37. The van der Waals surface area contributed by atoms with Crippen molar-refractivity contribution in [2.75, 3.05) is 11.7 Å². The number of hydrogen-bond donors (Lipinski definition) is 1. The van der Waals surface area contributed by atoms with Gasteiger partial charge in [-0.3, -0.25) is 15.5 Å². The number of thioether (sulfide) groups is 1. The highest BCUT2D eigenvalue weighted by Gasteiger charge is 2.09. The number of benzene rings is 1. The minimum absolute atomic E-state index is 0.00651. The molecule has 0 bridgehead atoms. The average molecular weight is 289 g/mol. The Hall–Kier alpha value is -2.48. The molecule has 20 heavy (non-hydrogen) atoms. The van der Waals surface area contributed by atoms with Crippen LogP contribution in [-0.4, -0.2) is 27.4 Å². The van der Waals surface area contributed by atoms with Crippen molar-refractivity contribution in [1.82, 2.24) is 9.97 Å². The lowest BCUT2D eigenvalue weighted by Crippen LogP contribution is -1.97. The Balaban J connectivity index is 2.08. The van der Waals surface area contributed by atoms with E-state index in [-0.39, 0.29) is 5.69 Å². The summed E-state index contributed by atoms with van der Waals surface area (Å²) in [7, 11) is 0. The van der Waals surface area contributed by atoms with Gasteiger partial charge in [-0.2, -0.15) is 5.10 Å². The Morgan fingerprint density at radius 3 is 2.70 bits per heavy atom. The molecule has 1 aromatic carbocycles. The van der Waals surface area contributed by atoms with Crippen LogP contribution >= 0.6 is 11.8 Å². The second kappa shape index (κ2) is 6.62. The molecule has 0 aliphatic heterocycles. The van der Waals surface area contributed by atoms with Gasteiger partial charge in [-0.1, -0.05) is 23.9 Å². The maximum Gasteiger partial charge on any atom is 0.278 e. The average Bonchev–Trinajstić information content (AvgIpc) is 2.48. The highest BCUT2D eigenvalue weighted by atomic mass is 32.2. The van der Waals surface area contributed by atoms with Crippen LogP contribution in [0.3, 0.4) is 0 Å². The summed E-state index contributed by atoms with van der Waals surface area (Å²) < 4.78 is 0. The van der Waals surface area contributed by atoms with Crippen molar-refractivity contribution in [1.29, 1.82) is 0 Å². The van der Waals surface area contributed by atoms with E-state index in [0.717, 1.165) is 0 Å². The van der Waals surface area contributed by atoms with Gasteiger partial charge in [-0.05, 0) is 12.3 Å². The number of aromatic nitrogens is 2. The lowest BCUT2D eigenvalue weighted by atomic mass is 10.2. The molecule has 1 heterocycles. The summed E-state index contributed by atoms with van der Waals surface area (Å²) in [6.45, 7) is 0. The van der Waals surface area contributed by atoms with Crippen molar-refractivity contribution in [3.8, 4) is 0 Å². The first-order valence-corrected chi connectivity index (χ1v) is 6.81. The lowest BCUT2D eigenvalue weighted by Gasteiger charge is -2.00. The summed E-state index contributed by atoms with van der Waals surface area (Å²) in [5.41, 5.74) is 3.76. The zero-order chi connectivity index (χ0) is 14.4. The minimum atomic E-state index is -0.447. The highest BCUT2D eigenvalue weighted by Crippen LogP contribution is 2.15. The predicted molar refractivity (Wildman–Crippen MR) is 78.1 cm³/mol. The molecule has 1 N–H and O–H groups in total. The van der Waals surface area contributed by atoms with E-state index in [1.165, 1.54) is 24.0 Å². The normalized spacial score (nSPS) is 10.7. The van der Waals surface area contributed by atoms with Gasteiger partial charge in [0, 0.05) is 6.07 Å². The number of anilines is 1. The van der Waals surface area contributed by atoms with Crippen LogP contribution in [0.4, 0.5) is 11.4 Å². The molecule has 0 saturated carbocycles. The van der Waals surface area contributed by atoms with Crippen molar-refractivity contribution in [2.24, 2.45) is 5.10 Å². The topological polar surface area (TPSA) is 93.3 Å². The third-order valence-electron chi connectivity index (χ3n) is 2.34. The van der Waals surface area contributed by atoms with Crippen LogP contribution in [0.15, 0.2) is 46.9 Å². The molecule has 2 aromatic rings. The molecule has 0 atom stereocenters. The fourth-order valence-corrected chi connectivity index (χ4v) is 1.73. The largest absolute Gasteiger partial charge is 0.278 e. The van der Waals surface area contributed by atoms with Gasteiger partial charge in [0.05, 0.1) is 34.8 Å². The van der Waals surface area contributed by atoms with Crippen LogP contribution < -0.4 is 5.43 Å². The van der Waals surface area contributed by atoms with Crippen molar-refractivity contribution in [2.45, 2.75) is 5.16 Å². The quantitative estimate of drug-likeness (QED) is 0.299. The second-order valence-electron chi connectivity index (χ2n) is 3.64. The van der Waals surface area contributed by atoms with Crippen LogP contribution in [0.2, 0.25) is 0 Å². The fraction of sp³-hybridized carbons (Fsp3) is 0.0833. The summed E-state index contributed by atoms with van der Waals surface area (Å²) in [5.74, 6) is 0. The molecule has 0 unspecified atom stereocenters.